The third-order valence-electron chi connectivity index (χ3n) is 1.81. The lowest BCUT2D eigenvalue weighted by atomic mass is 10.0. The van der Waals surface area contributed by atoms with Gasteiger partial charge in [0, 0.05) is 6.42 Å². The van der Waals surface area contributed by atoms with E-state index in [1.807, 2.05) is 6.92 Å². The Morgan fingerprint density at radius 1 is 1.50 bits per heavy atom. The van der Waals surface area contributed by atoms with Gasteiger partial charge in [0.15, 0.2) is 0 Å². The van der Waals surface area contributed by atoms with Crippen LogP contribution in [0, 0.1) is 5.92 Å². The first kappa shape index (κ1) is 11.4. The maximum atomic E-state index is 10.9. The topological polar surface area (TPSA) is 52.3 Å². The van der Waals surface area contributed by atoms with Crippen molar-refractivity contribution in [3.05, 3.63) is 0 Å². The van der Waals surface area contributed by atoms with Crippen LogP contribution in [0.25, 0.3) is 0 Å². The molecule has 2 N–H and O–H groups in total. The van der Waals surface area contributed by atoms with E-state index in [0.29, 0.717) is 25.5 Å². The van der Waals surface area contributed by atoms with Crippen LogP contribution in [0.15, 0.2) is 0 Å². The summed E-state index contributed by atoms with van der Waals surface area (Å²) in [5, 5.41) is 0. The van der Waals surface area contributed by atoms with Gasteiger partial charge in [0.2, 0.25) is 0 Å². The molecule has 0 fully saturated rings. The standard InChI is InChI=1S/C9H19NO2/c1-3-12-9(11)5-4-8(2)6-7-10/h8H,3-7,10H2,1-2H3. The number of rotatable bonds is 6. The summed E-state index contributed by atoms with van der Waals surface area (Å²) in [5.74, 6) is 0.431. The first-order chi connectivity index (χ1) is 5.70. The third-order valence-corrected chi connectivity index (χ3v) is 1.81. The quantitative estimate of drug-likeness (QED) is 0.616. The molecule has 0 saturated heterocycles. The van der Waals surface area contributed by atoms with Crippen LogP contribution in [0.3, 0.4) is 0 Å². The van der Waals surface area contributed by atoms with Crippen LogP contribution in [-0.4, -0.2) is 19.1 Å². The van der Waals surface area contributed by atoms with Crippen LogP contribution in [0.1, 0.15) is 33.1 Å². The normalized spacial score (nSPS) is 12.6. The number of ether oxygens (including phenoxy) is 1. The van der Waals surface area contributed by atoms with E-state index in [-0.39, 0.29) is 5.97 Å². The fourth-order valence-electron chi connectivity index (χ4n) is 1.03. The van der Waals surface area contributed by atoms with Crippen LogP contribution in [0.4, 0.5) is 0 Å². The van der Waals surface area contributed by atoms with Crippen molar-refractivity contribution in [3.8, 4) is 0 Å². The van der Waals surface area contributed by atoms with E-state index in [9.17, 15) is 4.79 Å². The smallest absolute Gasteiger partial charge is 0.305 e. The first-order valence-electron chi connectivity index (χ1n) is 4.56. The molecule has 0 spiro atoms. The number of carbonyl (C=O) groups is 1. The van der Waals surface area contributed by atoms with Crippen molar-refractivity contribution >= 4 is 5.97 Å². The van der Waals surface area contributed by atoms with Gasteiger partial charge in [0.1, 0.15) is 0 Å². The van der Waals surface area contributed by atoms with E-state index in [1.54, 1.807) is 0 Å². The summed E-state index contributed by atoms with van der Waals surface area (Å²) in [5.41, 5.74) is 5.38. The van der Waals surface area contributed by atoms with Crippen molar-refractivity contribution < 1.29 is 9.53 Å². The van der Waals surface area contributed by atoms with E-state index >= 15 is 0 Å². The second-order valence-corrected chi connectivity index (χ2v) is 3.03. The van der Waals surface area contributed by atoms with Crippen LogP contribution in [0.2, 0.25) is 0 Å². The van der Waals surface area contributed by atoms with Gasteiger partial charge in [-0.25, -0.2) is 0 Å². The van der Waals surface area contributed by atoms with Gasteiger partial charge in [0.25, 0.3) is 0 Å². The Bertz CT molecular complexity index is 126. The number of esters is 1. The van der Waals surface area contributed by atoms with Gasteiger partial charge in [-0.05, 0) is 32.2 Å². The molecule has 0 bridgehead atoms. The fourth-order valence-corrected chi connectivity index (χ4v) is 1.03. The van der Waals surface area contributed by atoms with Gasteiger partial charge in [-0.1, -0.05) is 6.92 Å². The summed E-state index contributed by atoms with van der Waals surface area (Å²) in [6.45, 7) is 5.10. The molecule has 0 aliphatic rings. The molecule has 0 heterocycles. The predicted octanol–water partition coefficient (Wildman–Crippen LogP) is 1.31. The highest BCUT2D eigenvalue weighted by molar-refractivity contribution is 5.69. The zero-order valence-corrected chi connectivity index (χ0v) is 8.01. The van der Waals surface area contributed by atoms with Gasteiger partial charge in [-0.2, -0.15) is 0 Å². The zero-order valence-electron chi connectivity index (χ0n) is 8.01. The van der Waals surface area contributed by atoms with Crippen molar-refractivity contribution in [1.82, 2.24) is 0 Å². The summed E-state index contributed by atoms with van der Waals surface area (Å²) in [6.07, 6.45) is 2.39. The van der Waals surface area contributed by atoms with Gasteiger partial charge < -0.3 is 10.5 Å². The third kappa shape index (κ3) is 6.16. The van der Waals surface area contributed by atoms with Crippen LogP contribution >= 0.6 is 0 Å². The molecule has 0 saturated carbocycles. The number of hydrogen-bond acceptors (Lipinski definition) is 3. The van der Waals surface area contributed by atoms with Gasteiger partial charge in [-0.15, -0.1) is 0 Å². The molecular formula is C9H19NO2. The molecule has 0 amide bonds. The minimum Gasteiger partial charge on any atom is -0.466 e. The number of nitrogens with two attached hydrogens (primary N) is 1. The molecule has 1 unspecified atom stereocenters. The predicted molar refractivity (Wildman–Crippen MR) is 48.7 cm³/mol. The molecular weight excluding hydrogens is 154 g/mol. The Balaban J connectivity index is 3.33. The number of hydrogen-bond donors (Lipinski definition) is 1. The molecule has 0 aliphatic carbocycles. The van der Waals surface area contributed by atoms with Crippen LogP contribution in [-0.2, 0) is 9.53 Å². The molecule has 0 aromatic carbocycles. The van der Waals surface area contributed by atoms with Crippen molar-refractivity contribution in [1.29, 1.82) is 0 Å². The lowest BCUT2D eigenvalue weighted by molar-refractivity contribution is -0.143. The monoisotopic (exact) mass is 173 g/mol. The van der Waals surface area contributed by atoms with Crippen molar-refractivity contribution in [2.24, 2.45) is 11.7 Å². The lowest BCUT2D eigenvalue weighted by Crippen LogP contribution is -2.09. The molecule has 1 atom stereocenters. The maximum Gasteiger partial charge on any atom is 0.305 e. The number of carbonyl (C=O) groups excluding carboxylic acids is 1. The van der Waals surface area contributed by atoms with Crippen molar-refractivity contribution in [2.45, 2.75) is 33.1 Å². The van der Waals surface area contributed by atoms with Crippen molar-refractivity contribution in [3.63, 3.8) is 0 Å². The van der Waals surface area contributed by atoms with E-state index in [1.165, 1.54) is 0 Å². The molecule has 72 valence electrons. The summed E-state index contributed by atoms with van der Waals surface area (Å²) < 4.78 is 4.80. The molecule has 0 aliphatic heterocycles. The summed E-state index contributed by atoms with van der Waals surface area (Å²) in [7, 11) is 0. The average molecular weight is 173 g/mol. The minimum absolute atomic E-state index is 0.0960. The molecule has 0 aromatic heterocycles. The highest BCUT2D eigenvalue weighted by Crippen LogP contribution is 2.09. The molecule has 3 nitrogen and oxygen atoms in total. The van der Waals surface area contributed by atoms with Crippen LogP contribution < -0.4 is 5.73 Å². The van der Waals surface area contributed by atoms with Crippen LogP contribution in [0.5, 0.6) is 0 Å². The molecule has 12 heavy (non-hydrogen) atoms. The van der Waals surface area contributed by atoms with Gasteiger partial charge >= 0.3 is 5.97 Å². The molecule has 3 heteroatoms. The minimum atomic E-state index is -0.0960. The van der Waals surface area contributed by atoms with E-state index < -0.39 is 0 Å². The summed E-state index contributed by atoms with van der Waals surface area (Å²) in [6, 6.07) is 0. The fraction of sp³-hybridized carbons (Fsp3) is 0.889. The Morgan fingerprint density at radius 3 is 2.67 bits per heavy atom. The Labute approximate surface area is 74.3 Å². The summed E-state index contributed by atoms with van der Waals surface area (Å²) in [4.78, 5) is 10.9. The zero-order chi connectivity index (χ0) is 9.40. The molecule has 0 rings (SSSR count). The molecule has 0 aromatic rings. The largest absolute Gasteiger partial charge is 0.466 e. The maximum absolute atomic E-state index is 10.9. The second kappa shape index (κ2) is 7.10. The van der Waals surface area contributed by atoms with E-state index in [0.717, 1.165) is 12.8 Å². The average Bonchev–Trinajstić information content (AvgIpc) is 2.02. The van der Waals surface area contributed by atoms with Crippen molar-refractivity contribution in [2.75, 3.05) is 13.2 Å². The Hall–Kier alpha value is -0.570. The van der Waals surface area contributed by atoms with E-state index in [2.05, 4.69) is 6.92 Å². The van der Waals surface area contributed by atoms with Gasteiger partial charge in [0.05, 0.1) is 6.61 Å². The van der Waals surface area contributed by atoms with Gasteiger partial charge in [-0.3, -0.25) is 4.79 Å². The van der Waals surface area contributed by atoms with E-state index in [4.69, 9.17) is 10.5 Å². The highest BCUT2D eigenvalue weighted by Gasteiger charge is 2.05. The summed E-state index contributed by atoms with van der Waals surface area (Å²) >= 11 is 0. The molecule has 0 radical (unpaired) electrons. The highest BCUT2D eigenvalue weighted by atomic mass is 16.5. The first-order valence-corrected chi connectivity index (χ1v) is 4.56. The second-order valence-electron chi connectivity index (χ2n) is 3.03. The Morgan fingerprint density at radius 2 is 2.17 bits per heavy atom. The SMILES string of the molecule is CCOC(=O)CCC(C)CCN. The Kier molecular flexibility index (Phi) is 6.76. The lowest BCUT2D eigenvalue weighted by Gasteiger charge is -2.08.